The Labute approximate surface area is 110 Å². The van der Waals surface area contributed by atoms with Gasteiger partial charge in [0.2, 0.25) is 5.91 Å². The average molecular weight is 257 g/mol. The molecule has 1 aromatic carbocycles. The highest BCUT2D eigenvalue weighted by Crippen LogP contribution is 2.14. The van der Waals surface area contributed by atoms with E-state index in [0.717, 1.165) is 17.3 Å². The van der Waals surface area contributed by atoms with Gasteiger partial charge in [0, 0.05) is 29.2 Å². The van der Waals surface area contributed by atoms with Gasteiger partial charge in [-0.15, -0.1) is 0 Å². The first-order valence-corrected chi connectivity index (χ1v) is 6.40. The summed E-state index contributed by atoms with van der Waals surface area (Å²) in [6.07, 6.45) is 3.43. The molecule has 1 atom stereocenters. The zero-order valence-electron chi connectivity index (χ0n) is 10.4. The summed E-state index contributed by atoms with van der Waals surface area (Å²) >= 11 is 0. The number of carbonyl (C=O) groups excluding carboxylic acids is 2. The minimum atomic E-state index is -0.414. The SMILES string of the molecule is O=C(NC1CCCNC1=O)c1ccc2[nH]ccc2c1. The lowest BCUT2D eigenvalue weighted by Gasteiger charge is -2.22. The normalized spacial score (nSPS) is 19.2. The summed E-state index contributed by atoms with van der Waals surface area (Å²) in [5.74, 6) is -0.299. The number of aromatic amines is 1. The van der Waals surface area contributed by atoms with E-state index in [2.05, 4.69) is 15.6 Å². The number of fused-ring (bicyclic) bond motifs is 1. The third-order valence-corrected chi connectivity index (χ3v) is 3.41. The van der Waals surface area contributed by atoms with Gasteiger partial charge in [-0.05, 0) is 37.1 Å². The van der Waals surface area contributed by atoms with Crippen molar-refractivity contribution in [1.82, 2.24) is 15.6 Å². The standard InChI is InChI=1S/C14H15N3O2/c18-13(17-12-2-1-6-16-14(12)19)10-3-4-11-9(8-10)5-7-15-11/h3-5,7-8,12,15H,1-2,6H2,(H,16,19)(H,17,18). The van der Waals surface area contributed by atoms with Gasteiger partial charge in [-0.25, -0.2) is 0 Å². The van der Waals surface area contributed by atoms with Crippen molar-refractivity contribution >= 4 is 22.7 Å². The second-order valence-electron chi connectivity index (χ2n) is 4.74. The van der Waals surface area contributed by atoms with Crippen LogP contribution in [-0.4, -0.2) is 29.4 Å². The molecule has 0 bridgehead atoms. The maximum absolute atomic E-state index is 12.1. The number of benzene rings is 1. The molecule has 3 rings (SSSR count). The van der Waals surface area contributed by atoms with Gasteiger partial charge in [-0.2, -0.15) is 0 Å². The molecule has 1 aliphatic rings. The van der Waals surface area contributed by atoms with Crippen LogP contribution in [0.1, 0.15) is 23.2 Å². The number of amides is 2. The van der Waals surface area contributed by atoms with E-state index in [1.807, 2.05) is 24.4 Å². The Bertz CT molecular complexity index is 632. The van der Waals surface area contributed by atoms with Crippen LogP contribution >= 0.6 is 0 Å². The van der Waals surface area contributed by atoms with E-state index in [4.69, 9.17) is 0 Å². The van der Waals surface area contributed by atoms with Crippen LogP contribution < -0.4 is 10.6 Å². The second kappa shape index (κ2) is 4.76. The fourth-order valence-corrected chi connectivity index (χ4v) is 2.35. The summed E-state index contributed by atoms with van der Waals surface area (Å²) in [6.45, 7) is 0.695. The lowest BCUT2D eigenvalue weighted by molar-refractivity contribution is -0.124. The van der Waals surface area contributed by atoms with Crippen molar-refractivity contribution in [1.29, 1.82) is 0 Å². The summed E-state index contributed by atoms with van der Waals surface area (Å²) in [5.41, 5.74) is 1.57. The van der Waals surface area contributed by atoms with Crippen LogP contribution in [0.3, 0.4) is 0 Å². The molecule has 0 aliphatic carbocycles. The molecule has 1 aliphatic heterocycles. The predicted octanol–water partition coefficient (Wildman–Crippen LogP) is 1.18. The molecule has 5 nitrogen and oxygen atoms in total. The summed E-state index contributed by atoms with van der Waals surface area (Å²) in [5, 5.41) is 6.52. The number of H-pyrrole nitrogens is 1. The van der Waals surface area contributed by atoms with Gasteiger partial charge in [0.05, 0.1) is 0 Å². The summed E-state index contributed by atoms with van der Waals surface area (Å²) in [7, 11) is 0. The van der Waals surface area contributed by atoms with Crippen molar-refractivity contribution < 1.29 is 9.59 Å². The molecule has 2 amide bonds. The predicted molar refractivity (Wildman–Crippen MR) is 71.8 cm³/mol. The van der Waals surface area contributed by atoms with Crippen molar-refractivity contribution in [3.8, 4) is 0 Å². The molecule has 19 heavy (non-hydrogen) atoms. The molecule has 1 fully saturated rings. The summed E-state index contributed by atoms with van der Waals surface area (Å²) < 4.78 is 0. The molecule has 1 saturated heterocycles. The Morgan fingerprint density at radius 1 is 1.32 bits per heavy atom. The van der Waals surface area contributed by atoms with Crippen LogP contribution in [0.25, 0.3) is 10.9 Å². The Balaban J connectivity index is 1.77. The molecule has 0 radical (unpaired) electrons. The van der Waals surface area contributed by atoms with Gasteiger partial charge < -0.3 is 15.6 Å². The molecule has 2 heterocycles. The van der Waals surface area contributed by atoms with Gasteiger partial charge in [-0.1, -0.05) is 0 Å². The number of nitrogens with one attached hydrogen (secondary N) is 3. The van der Waals surface area contributed by atoms with E-state index < -0.39 is 6.04 Å². The number of aromatic nitrogens is 1. The Morgan fingerprint density at radius 2 is 2.21 bits per heavy atom. The van der Waals surface area contributed by atoms with Crippen LogP contribution in [0.2, 0.25) is 0 Å². The number of hydrogen-bond donors (Lipinski definition) is 3. The lowest BCUT2D eigenvalue weighted by Crippen LogP contribution is -2.50. The van der Waals surface area contributed by atoms with Gasteiger partial charge in [0.15, 0.2) is 0 Å². The molecule has 1 aromatic heterocycles. The summed E-state index contributed by atoms with van der Waals surface area (Å²) in [6, 6.07) is 6.95. The van der Waals surface area contributed by atoms with Crippen molar-refractivity contribution in [2.24, 2.45) is 0 Å². The van der Waals surface area contributed by atoms with Crippen LogP contribution in [-0.2, 0) is 4.79 Å². The number of rotatable bonds is 2. The maximum atomic E-state index is 12.1. The van der Waals surface area contributed by atoms with Crippen LogP contribution in [0.15, 0.2) is 30.5 Å². The van der Waals surface area contributed by atoms with E-state index in [-0.39, 0.29) is 11.8 Å². The highest BCUT2D eigenvalue weighted by molar-refractivity contribution is 6.00. The van der Waals surface area contributed by atoms with Crippen LogP contribution in [0.5, 0.6) is 0 Å². The highest BCUT2D eigenvalue weighted by Gasteiger charge is 2.23. The second-order valence-corrected chi connectivity index (χ2v) is 4.74. The average Bonchev–Trinajstić information content (AvgIpc) is 2.88. The molecule has 1 unspecified atom stereocenters. The van der Waals surface area contributed by atoms with Gasteiger partial charge in [-0.3, -0.25) is 9.59 Å². The quantitative estimate of drug-likeness (QED) is 0.755. The van der Waals surface area contributed by atoms with Crippen molar-refractivity contribution in [2.45, 2.75) is 18.9 Å². The molecule has 5 heteroatoms. The number of hydrogen-bond acceptors (Lipinski definition) is 2. The first-order chi connectivity index (χ1) is 9.24. The van der Waals surface area contributed by atoms with E-state index in [0.29, 0.717) is 18.5 Å². The van der Waals surface area contributed by atoms with Crippen molar-refractivity contribution in [3.05, 3.63) is 36.0 Å². The Hall–Kier alpha value is -2.30. The topological polar surface area (TPSA) is 74.0 Å². The minimum absolute atomic E-state index is 0.0951. The molecular formula is C14H15N3O2. The van der Waals surface area contributed by atoms with Crippen molar-refractivity contribution in [3.63, 3.8) is 0 Å². The van der Waals surface area contributed by atoms with Crippen molar-refractivity contribution in [2.75, 3.05) is 6.54 Å². The largest absolute Gasteiger partial charge is 0.361 e. The molecule has 2 aromatic rings. The van der Waals surface area contributed by atoms with E-state index in [1.54, 1.807) is 6.07 Å². The highest BCUT2D eigenvalue weighted by atomic mass is 16.2. The summed E-state index contributed by atoms with van der Waals surface area (Å²) in [4.78, 5) is 26.8. The van der Waals surface area contributed by atoms with Crippen LogP contribution in [0, 0.1) is 0 Å². The third kappa shape index (κ3) is 2.31. The van der Waals surface area contributed by atoms with E-state index >= 15 is 0 Å². The van der Waals surface area contributed by atoms with Gasteiger partial charge in [0.1, 0.15) is 6.04 Å². The molecule has 0 saturated carbocycles. The minimum Gasteiger partial charge on any atom is -0.361 e. The smallest absolute Gasteiger partial charge is 0.251 e. The maximum Gasteiger partial charge on any atom is 0.251 e. The molecule has 0 spiro atoms. The molecule has 3 N–H and O–H groups in total. The zero-order valence-corrected chi connectivity index (χ0v) is 10.4. The first-order valence-electron chi connectivity index (χ1n) is 6.40. The van der Waals surface area contributed by atoms with Crippen LogP contribution in [0.4, 0.5) is 0 Å². The van der Waals surface area contributed by atoms with Gasteiger partial charge in [0.25, 0.3) is 5.91 Å². The zero-order chi connectivity index (χ0) is 13.2. The molecular weight excluding hydrogens is 242 g/mol. The lowest BCUT2D eigenvalue weighted by atomic mass is 10.1. The van der Waals surface area contributed by atoms with Gasteiger partial charge >= 0.3 is 0 Å². The number of piperidine rings is 1. The monoisotopic (exact) mass is 257 g/mol. The molecule has 98 valence electrons. The fourth-order valence-electron chi connectivity index (χ4n) is 2.35. The first kappa shape index (κ1) is 11.8. The Kier molecular flexibility index (Phi) is 2.95. The Morgan fingerprint density at radius 3 is 3.05 bits per heavy atom. The fraction of sp³-hybridized carbons (Fsp3) is 0.286. The third-order valence-electron chi connectivity index (χ3n) is 3.41. The van der Waals surface area contributed by atoms with E-state index in [9.17, 15) is 9.59 Å². The number of carbonyl (C=O) groups is 2. The van der Waals surface area contributed by atoms with E-state index in [1.165, 1.54) is 0 Å².